The molecule has 0 aromatic heterocycles. The zero-order chi connectivity index (χ0) is 22.0. The van der Waals surface area contributed by atoms with Crippen molar-refractivity contribution in [1.82, 2.24) is 5.16 Å². The van der Waals surface area contributed by atoms with Crippen molar-refractivity contribution < 1.29 is 14.1 Å². The highest BCUT2D eigenvalue weighted by atomic mass is 79.9. The molecule has 0 spiro atoms. The smallest absolute Gasteiger partial charge is 0.193 e. The number of methoxy groups -OCH3 is 1. The van der Waals surface area contributed by atoms with E-state index in [9.17, 15) is 4.79 Å². The Bertz CT molecular complexity index is 1290. The second-order valence-corrected chi connectivity index (χ2v) is 7.74. The average molecular weight is 477 g/mol. The monoisotopic (exact) mass is 476 g/mol. The summed E-state index contributed by atoms with van der Waals surface area (Å²) in [6.45, 7) is 2.04. The van der Waals surface area contributed by atoms with Crippen LogP contribution in [0.2, 0.25) is 0 Å². The maximum Gasteiger partial charge on any atom is 0.193 e. The van der Waals surface area contributed by atoms with Gasteiger partial charge < -0.3 is 9.26 Å². The summed E-state index contributed by atoms with van der Waals surface area (Å²) in [5.74, 6) is 1.17. The number of hydrogen-bond donors (Lipinski definition) is 0. The van der Waals surface area contributed by atoms with Crippen LogP contribution in [0.15, 0.2) is 68.7 Å². The van der Waals surface area contributed by atoms with E-state index in [2.05, 4.69) is 31.1 Å². The van der Waals surface area contributed by atoms with Gasteiger partial charge >= 0.3 is 0 Å². The topological polar surface area (TPSA) is 101 Å². The summed E-state index contributed by atoms with van der Waals surface area (Å²) in [6, 6.07) is 16.4. The Morgan fingerprint density at radius 2 is 1.97 bits per heavy atom. The van der Waals surface area contributed by atoms with Gasteiger partial charge in [0.15, 0.2) is 5.78 Å². The van der Waals surface area contributed by atoms with Crippen LogP contribution in [0, 0.1) is 6.92 Å². The fraction of sp³-hybridized carbons (Fsp3) is 0.130. The van der Waals surface area contributed by atoms with Crippen LogP contribution in [0.5, 0.6) is 5.75 Å². The first kappa shape index (κ1) is 20.7. The van der Waals surface area contributed by atoms with E-state index in [1.165, 1.54) is 0 Å². The quantitative estimate of drug-likeness (QED) is 0.136. The molecule has 31 heavy (non-hydrogen) atoms. The highest BCUT2D eigenvalue weighted by molar-refractivity contribution is 9.10. The van der Waals surface area contributed by atoms with E-state index >= 15 is 0 Å². The SMILES string of the molecule is COc1ccc(-c2noc(C)c3c(C(=O)c4ccc(CN=[N+]=[N-])cc4)ccc2-3)cc1Br. The molecule has 0 atom stereocenters. The van der Waals surface area contributed by atoms with E-state index in [0.29, 0.717) is 28.3 Å². The van der Waals surface area contributed by atoms with Crippen molar-refractivity contribution in [3.8, 4) is 28.1 Å². The molecular weight excluding hydrogens is 460 g/mol. The normalized spacial score (nSPS) is 10.7. The van der Waals surface area contributed by atoms with Crippen LogP contribution in [0.3, 0.4) is 0 Å². The number of azide groups is 1. The van der Waals surface area contributed by atoms with Crippen molar-refractivity contribution in [1.29, 1.82) is 0 Å². The Morgan fingerprint density at radius 3 is 2.65 bits per heavy atom. The van der Waals surface area contributed by atoms with Gasteiger partial charge in [-0.2, -0.15) is 0 Å². The van der Waals surface area contributed by atoms with E-state index in [0.717, 1.165) is 26.7 Å². The first-order chi connectivity index (χ1) is 15.0. The summed E-state index contributed by atoms with van der Waals surface area (Å²) in [6.07, 6.45) is 0. The molecule has 1 aliphatic carbocycles. The van der Waals surface area contributed by atoms with Gasteiger partial charge in [0.05, 0.1) is 18.1 Å². The highest BCUT2D eigenvalue weighted by Crippen LogP contribution is 2.40. The predicted octanol–water partition coefficient (Wildman–Crippen LogP) is 6.57. The van der Waals surface area contributed by atoms with E-state index in [4.69, 9.17) is 14.8 Å². The summed E-state index contributed by atoms with van der Waals surface area (Å²) in [4.78, 5) is 16.0. The number of halogens is 1. The standard InChI is InChI=1S/C23H17BrN4O3/c1-13-21-17(22(27-31-13)16-7-10-20(30-2)19(24)11-16)8-9-18(21)23(29)15-5-3-14(4-6-15)12-26-28-25/h3-11H,12H2,1-2H3. The van der Waals surface area contributed by atoms with E-state index < -0.39 is 0 Å². The molecule has 0 amide bonds. The lowest BCUT2D eigenvalue weighted by molar-refractivity contribution is 0.103. The van der Waals surface area contributed by atoms with Crippen LogP contribution in [0.25, 0.3) is 32.8 Å². The van der Waals surface area contributed by atoms with Gasteiger partial charge in [-0.3, -0.25) is 4.79 Å². The van der Waals surface area contributed by atoms with Crippen LogP contribution in [0.4, 0.5) is 0 Å². The number of nitrogens with zero attached hydrogens (tertiary/aromatic N) is 4. The Morgan fingerprint density at radius 1 is 1.19 bits per heavy atom. The van der Waals surface area contributed by atoms with Crippen LogP contribution in [0.1, 0.15) is 27.2 Å². The Kier molecular flexibility index (Phi) is 5.75. The van der Waals surface area contributed by atoms with Crippen molar-refractivity contribution >= 4 is 21.7 Å². The van der Waals surface area contributed by atoms with Crippen LogP contribution < -0.4 is 4.74 Å². The third-order valence-electron chi connectivity index (χ3n) is 5.04. The number of benzene rings is 2. The predicted molar refractivity (Wildman–Crippen MR) is 120 cm³/mol. The minimum atomic E-state index is -0.114. The molecule has 2 aromatic carbocycles. The van der Waals surface area contributed by atoms with Crippen molar-refractivity contribution in [2.45, 2.75) is 13.5 Å². The largest absolute Gasteiger partial charge is 0.496 e. The summed E-state index contributed by atoms with van der Waals surface area (Å²) in [5.41, 5.74) is 13.4. The third kappa shape index (κ3) is 3.91. The molecule has 0 fully saturated rings. The molecule has 2 aromatic rings. The van der Waals surface area contributed by atoms with Crippen molar-refractivity contribution in [3.05, 3.63) is 92.0 Å². The number of carbonyl (C=O) groups is 1. The van der Waals surface area contributed by atoms with Gasteiger partial charge in [-0.25, -0.2) is 0 Å². The molecule has 2 aliphatic rings. The number of hydrogen-bond acceptors (Lipinski definition) is 5. The molecule has 1 aliphatic heterocycles. The molecule has 7 nitrogen and oxygen atoms in total. The molecule has 0 N–H and O–H groups in total. The van der Waals surface area contributed by atoms with E-state index in [1.807, 2.05) is 24.3 Å². The number of carbonyl (C=O) groups excluding carboxylic acids is 1. The Hall–Kier alpha value is -3.61. The molecule has 0 saturated carbocycles. The number of aryl methyl sites for hydroxylation is 1. The Labute approximate surface area is 186 Å². The average Bonchev–Trinajstić information content (AvgIpc) is 3.24. The number of ether oxygens (including phenoxy) is 1. The van der Waals surface area contributed by atoms with Gasteiger partial charge in [0.2, 0.25) is 0 Å². The number of ketones is 1. The lowest BCUT2D eigenvalue weighted by Crippen LogP contribution is -2.03. The molecule has 4 rings (SSSR count). The number of aromatic nitrogens is 1. The van der Waals surface area contributed by atoms with Gasteiger partial charge in [0, 0.05) is 32.7 Å². The van der Waals surface area contributed by atoms with Crippen LogP contribution in [-0.4, -0.2) is 18.0 Å². The summed E-state index contributed by atoms with van der Waals surface area (Å²) in [5, 5.41) is 7.81. The molecule has 0 unspecified atom stereocenters. The third-order valence-corrected chi connectivity index (χ3v) is 5.66. The lowest BCUT2D eigenvalue weighted by Gasteiger charge is -2.12. The zero-order valence-corrected chi connectivity index (χ0v) is 18.4. The molecule has 0 radical (unpaired) electrons. The first-order valence-electron chi connectivity index (χ1n) is 9.41. The fourth-order valence-corrected chi connectivity index (χ4v) is 4.05. The molecule has 0 bridgehead atoms. The molecule has 8 heteroatoms. The maximum atomic E-state index is 13.2. The number of rotatable bonds is 6. The van der Waals surface area contributed by atoms with Crippen molar-refractivity contribution in [2.24, 2.45) is 5.11 Å². The summed E-state index contributed by atoms with van der Waals surface area (Å²) >= 11 is 3.50. The highest BCUT2D eigenvalue weighted by Gasteiger charge is 2.25. The van der Waals surface area contributed by atoms with Gasteiger partial charge in [0.25, 0.3) is 0 Å². The Balaban J connectivity index is 1.72. The fourth-order valence-electron chi connectivity index (χ4n) is 3.51. The molecule has 1 heterocycles. The van der Waals surface area contributed by atoms with Crippen LogP contribution >= 0.6 is 15.9 Å². The number of fused-ring (bicyclic) bond motifs is 1. The van der Waals surface area contributed by atoms with E-state index in [-0.39, 0.29) is 12.3 Å². The van der Waals surface area contributed by atoms with Crippen molar-refractivity contribution in [2.75, 3.05) is 7.11 Å². The minimum Gasteiger partial charge on any atom is -0.496 e. The van der Waals surface area contributed by atoms with Crippen molar-refractivity contribution in [3.63, 3.8) is 0 Å². The van der Waals surface area contributed by atoms with Crippen LogP contribution in [-0.2, 0) is 6.54 Å². The van der Waals surface area contributed by atoms with Gasteiger partial charge in [-0.05, 0) is 58.2 Å². The molecule has 0 saturated heterocycles. The second-order valence-electron chi connectivity index (χ2n) is 6.89. The zero-order valence-electron chi connectivity index (χ0n) is 16.8. The molecule has 154 valence electrons. The summed E-state index contributed by atoms with van der Waals surface area (Å²) < 4.78 is 11.7. The minimum absolute atomic E-state index is 0.114. The first-order valence-corrected chi connectivity index (χ1v) is 10.2. The maximum absolute atomic E-state index is 13.2. The second kappa shape index (κ2) is 8.63. The van der Waals surface area contributed by atoms with Gasteiger partial charge in [-0.1, -0.05) is 40.6 Å². The summed E-state index contributed by atoms with van der Waals surface area (Å²) in [7, 11) is 1.61. The van der Waals surface area contributed by atoms with E-state index in [1.54, 1.807) is 44.4 Å². The molecular formula is C23H17BrN4O3. The van der Waals surface area contributed by atoms with Gasteiger partial charge in [-0.15, -0.1) is 0 Å². The van der Waals surface area contributed by atoms with Gasteiger partial charge in [0.1, 0.15) is 17.2 Å². The lowest BCUT2D eigenvalue weighted by atomic mass is 9.96.